The minimum absolute atomic E-state index is 0.122. The van der Waals surface area contributed by atoms with Crippen molar-refractivity contribution < 1.29 is 5.11 Å². The fraction of sp³-hybridized carbons (Fsp3) is 0.636. The zero-order chi connectivity index (χ0) is 12.8. The quantitative estimate of drug-likeness (QED) is 0.809. The van der Waals surface area contributed by atoms with Gasteiger partial charge in [0.2, 0.25) is 0 Å². The third-order valence-corrected chi connectivity index (χ3v) is 3.00. The Bertz CT molecular complexity index is 420. The molecule has 1 heterocycles. The third-order valence-electron chi connectivity index (χ3n) is 2.63. The van der Waals surface area contributed by atoms with Crippen LogP contribution in [0.2, 0.25) is 5.02 Å². The summed E-state index contributed by atoms with van der Waals surface area (Å²) < 4.78 is 1.15. The highest BCUT2D eigenvalue weighted by atomic mass is 35.5. The van der Waals surface area contributed by atoms with E-state index in [0.717, 1.165) is 17.6 Å². The molecular weight excluding hydrogens is 242 g/mol. The van der Waals surface area contributed by atoms with Crippen LogP contribution >= 0.6 is 11.6 Å². The largest absolute Gasteiger partial charge is 0.394 e. The summed E-state index contributed by atoms with van der Waals surface area (Å²) in [4.78, 5) is 11.7. The first-order valence-electron chi connectivity index (χ1n) is 5.70. The number of rotatable bonds is 6. The topological polar surface area (TPSA) is 67.2 Å². The average molecular weight is 260 g/mol. The molecule has 0 fully saturated rings. The van der Waals surface area contributed by atoms with E-state index in [1.54, 1.807) is 0 Å². The summed E-state index contributed by atoms with van der Waals surface area (Å²) in [6.07, 6.45) is 2.57. The summed E-state index contributed by atoms with van der Waals surface area (Å²) in [7, 11) is 0. The van der Waals surface area contributed by atoms with E-state index in [4.69, 9.17) is 16.7 Å². The Morgan fingerprint density at radius 1 is 1.65 bits per heavy atom. The van der Waals surface area contributed by atoms with Gasteiger partial charge in [-0.2, -0.15) is 5.10 Å². The number of hydrogen-bond donors (Lipinski definition) is 2. The van der Waals surface area contributed by atoms with E-state index in [0.29, 0.717) is 11.6 Å². The van der Waals surface area contributed by atoms with E-state index >= 15 is 0 Å². The summed E-state index contributed by atoms with van der Waals surface area (Å²) in [6.45, 7) is 4.99. The summed E-state index contributed by atoms with van der Waals surface area (Å²) in [5.41, 5.74) is 0.168. The lowest BCUT2D eigenvalue weighted by Crippen LogP contribution is -2.26. The van der Waals surface area contributed by atoms with Crippen LogP contribution in [0, 0.1) is 5.92 Å². The average Bonchev–Trinajstić information content (AvgIpc) is 2.34. The Morgan fingerprint density at radius 2 is 2.35 bits per heavy atom. The van der Waals surface area contributed by atoms with E-state index in [1.807, 2.05) is 0 Å². The molecule has 0 amide bonds. The summed E-state index contributed by atoms with van der Waals surface area (Å²) in [5.74, 6) is 0.506. The molecule has 17 heavy (non-hydrogen) atoms. The lowest BCUT2D eigenvalue weighted by Gasteiger charge is -2.12. The van der Waals surface area contributed by atoms with Crippen LogP contribution in [0.1, 0.15) is 20.3 Å². The van der Waals surface area contributed by atoms with Crippen LogP contribution in [0.5, 0.6) is 0 Å². The Labute approximate surface area is 105 Å². The van der Waals surface area contributed by atoms with Crippen LogP contribution < -0.4 is 10.9 Å². The molecule has 0 aliphatic rings. The highest BCUT2D eigenvalue weighted by Crippen LogP contribution is 2.16. The van der Waals surface area contributed by atoms with Gasteiger partial charge in [-0.1, -0.05) is 31.9 Å². The highest BCUT2D eigenvalue weighted by molar-refractivity contribution is 6.32. The van der Waals surface area contributed by atoms with E-state index in [1.165, 1.54) is 6.20 Å². The fourth-order valence-electron chi connectivity index (χ4n) is 1.27. The van der Waals surface area contributed by atoms with Crippen LogP contribution in [-0.4, -0.2) is 28.0 Å². The monoisotopic (exact) mass is 259 g/mol. The van der Waals surface area contributed by atoms with Crippen molar-refractivity contribution in [1.82, 2.24) is 9.78 Å². The number of hydrogen-bond acceptors (Lipinski definition) is 4. The van der Waals surface area contributed by atoms with E-state index in [-0.39, 0.29) is 23.7 Å². The van der Waals surface area contributed by atoms with Crippen molar-refractivity contribution in [3.63, 3.8) is 0 Å². The second-order valence-electron chi connectivity index (χ2n) is 4.02. The van der Waals surface area contributed by atoms with Gasteiger partial charge >= 0.3 is 0 Å². The van der Waals surface area contributed by atoms with Crippen molar-refractivity contribution in [2.75, 3.05) is 18.5 Å². The molecule has 0 aliphatic carbocycles. The van der Waals surface area contributed by atoms with Crippen molar-refractivity contribution in [2.24, 2.45) is 5.92 Å². The highest BCUT2D eigenvalue weighted by Gasteiger charge is 2.09. The van der Waals surface area contributed by atoms with E-state index in [2.05, 4.69) is 24.3 Å². The Balaban J connectivity index is 2.82. The summed E-state index contributed by atoms with van der Waals surface area (Å²) in [6, 6.07) is 0. The van der Waals surface area contributed by atoms with Crippen molar-refractivity contribution in [3.05, 3.63) is 21.6 Å². The van der Waals surface area contributed by atoms with Gasteiger partial charge in [-0.15, -0.1) is 0 Å². The maximum Gasteiger partial charge on any atom is 0.287 e. The number of nitrogens with one attached hydrogen (secondary N) is 1. The number of aliphatic hydroxyl groups is 1. The lowest BCUT2D eigenvalue weighted by atomic mass is 10.1. The van der Waals surface area contributed by atoms with Gasteiger partial charge in [0.25, 0.3) is 5.56 Å². The molecule has 6 heteroatoms. The SMILES string of the molecule is CCC(C)CNc1cnn(CCO)c(=O)c1Cl. The van der Waals surface area contributed by atoms with Gasteiger partial charge in [0, 0.05) is 6.54 Å². The van der Waals surface area contributed by atoms with E-state index in [9.17, 15) is 4.79 Å². The molecule has 1 aromatic heterocycles. The van der Waals surface area contributed by atoms with Crippen molar-refractivity contribution >= 4 is 17.3 Å². The minimum atomic E-state index is -0.380. The maximum absolute atomic E-state index is 11.7. The Kier molecular flexibility index (Phi) is 5.44. The first-order chi connectivity index (χ1) is 8.10. The van der Waals surface area contributed by atoms with E-state index < -0.39 is 0 Å². The molecule has 0 aromatic carbocycles. The number of nitrogens with zero attached hydrogens (tertiary/aromatic N) is 2. The van der Waals surface area contributed by atoms with Gasteiger partial charge in [-0.25, -0.2) is 4.68 Å². The van der Waals surface area contributed by atoms with Gasteiger partial charge in [0.1, 0.15) is 5.02 Å². The molecule has 1 unspecified atom stereocenters. The molecule has 2 N–H and O–H groups in total. The maximum atomic E-state index is 11.7. The molecule has 0 aliphatic heterocycles. The molecule has 1 atom stereocenters. The van der Waals surface area contributed by atoms with Crippen LogP contribution in [0.4, 0.5) is 5.69 Å². The van der Waals surface area contributed by atoms with Gasteiger partial charge < -0.3 is 10.4 Å². The molecule has 0 radical (unpaired) electrons. The second kappa shape index (κ2) is 6.61. The third kappa shape index (κ3) is 3.71. The van der Waals surface area contributed by atoms with Gasteiger partial charge in [-0.3, -0.25) is 4.79 Å². The fourth-order valence-corrected chi connectivity index (χ4v) is 1.48. The summed E-state index contributed by atoms with van der Waals surface area (Å²) in [5, 5.41) is 15.9. The molecule has 96 valence electrons. The second-order valence-corrected chi connectivity index (χ2v) is 4.40. The van der Waals surface area contributed by atoms with Crippen LogP contribution in [0.25, 0.3) is 0 Å². The van der Waals surface area contributed by atoms with Crippen molar-refractivity contribution in [1.29, 1.82) is 0 Å². The van der Waals surface area contributed by atoms with Crippen LogP contribution in [0.15, 0.2) is 11.0 Å². The molecule has 0 bridgehead atoms. The van der Waals surface area contributed by atoms with Crippen molar-refractivity contribution in [3.8, 4) is 0 Å². The molecular formula is C11H18ClN3O2. The zero-order valence-electron chi connectivity index (χ0n) is 10.1. The van der Waals surface area contributed by atoms with Gasteiger partial charge in [-0.05, 0) is 5.92 Å². The Hall–Kier alpha value is -1.07. The summed E-state index contributed by atoms with van der Waals surface area (Å²) >= 11 is 5.94. The molecule has 5 nitrogen and oxygen atoms in total. The zero-order valence-corrected chi connectivity index (χ0v) is 10.9. The number of halogens is 1. The smallest absolute Gasteiger partial charge is 0.287 e. The number of aliphatic hydroxyl groups excluding tert-OH is 1. The molecule has 1 rings (SSSR count). The first kappa shape index (κ1) is 14.0. The standard InChI is InChI=1S/C11H18ClN3O2/c1-3-8(2)6-13-9-7-14-15(4-5-16)11(17)10(9)12/h7-8,13,16H,3-6H2,1-2H3. The first-order valence-corrected chi connectivity index (χ1v) is 6.08. The molecule has 1 aromatic rings. The molecule has 0 saturated heterocycles. The van der Waals surface area contributed by atoms with Crippen LogP contribution in [0.3, 0.4) is 0 Å². The van der Waals surface area contributed by atoms with Crippen LogP contribution in [-0.2, 0) is 6.54 Å². The lowest BCUT2D eigenvalue weighted by molar-refractivity contribution is 0.266. The molecule has 0 spiro atoms. The molecule has 0 saturated carbocycles. The van der Waals surface area contributed by atoms with Gasteiger partial charge in [0.05, 0.1) is 25.0 Å². The van der Waals surface area contributed by atoms with Gasteiger partial charge in [0.15, 0.2) is 0 Å². The predicted octanol–water partition coefficient (Wildman–Crippen LogP) is 1.35. The predicted molar refractivity (Wildman–Crippen MR) is 68.5 cm³/mol. The Morgan fingerprint density at radius 3 is 2.94 bits per heavy atom. The van der Waals surface area contributed by atoms with Crippen molar-refractivity contribution in [2.45, 2.75) is 26.8 Å². The number of aromatic nitrogens is 2. The normalized spacial score (nSPS) is 12.5. The minimum Gasteiger partial charge on any atom is -0.394 e. The number of anilines is 1.